The zero-order chi connectivity index (χ0) is 21.2. The molecule has 5 rings (SSSR count). The summed E-state index contributed by atoms with van der Waals surface area (Å²) in [5, 5.41) is 3.52. The predicted octanol–water partition coefficient (Wildman–Crippen LogP) is 4.57. The molecule has 1 fully saturated rings. The van der Waals surface area contributed by atoms with Crippen molar-refractivity contribution in [1.82, 2.24) is 23.8 Å². The summed E-state index contributed by atoms with van der Waals surface area (Å²) in [6.45, 7) is 5.22. The summed E-state index contributed by atoms with van der Waals surface area (Å²) in [5.74, 6) is 0.781. The maximum absolute atomic E-state index is 5.65. The third-order valence-electron chi connectivity index (χ3n) is 5.82. The molecule has 1 N–H and O–H groups in total. The molecule has 31 heavy (non-hydrogen) atoms. The van der Waals surface area contributed by atoms with Gasteiger partial charge in [0.15, 0.2) is 5.65 Å². The van der Waals surface area contributed by atoms with Crippen molar-refractivity contribution in [1.29, 1.82) is 0 Å². The molecule has 0 amide bonds. The molecule has 3 aromatic heterocycles. The van der Waals surface area contributed by atoms with Gasteiger partial charge in [0, 0.05) is 36.9 Å². The van der Waals surface area contributed by atoms with Gasteiger partial charge in [-0.25, -0.2) is 9.97 Å². The Kier molecular flexibility index (Phi) is 5.34. The van der Waals surface area contributed by atoms with Gasteiger partial charge < -0.3 is 19.0 Å². The first-order chi connectivity index (χ1) is 15.2. The van der Waals surface area contributed by atoms with Crippen molar-refractivity contribution in [2.24, 2.45) is 0 Å². The van der Waals surface area contributed by atoms with Gasteiger partial charge in [-0.05, 0) is 57.1 Å². The molecule has 1 saturated heterocycles. The highest BCUT2D eigenvalue weighted by Crippen LogP contribution is 2.30. The van der Waals surface area contributed by atoms with Crippen LogP contribution in [-0.2, 0) is 6.54 Å². The maximum atomic E-state index is 5.65. The third kappa shape index (κ3) is 4.14. The number of pyridine rings is 1. The van der Waals surface area contributed by atoms with E-state index in [1.165, 1.54) is 32.4 Å². The van der Waals surface area contributed by atoms with E-state index in [0.717, 1.165) is 46.4 Å². The Hall–Kier alpha value is -3.32. The molecule has 0 bridgehead atoms. The van der Waals surface area contributed by atoms with Gasteiger partial charge in [0.1, 0.15) is 5.75 Å². The minimum absolute atomic E-state index is 0.781. The highest BCUT2D eigenvalue weighted by atomic mass is 16.5. The highest BCUT2D eigenvalue weighted by molar-refractivity contribution is 5.75. The number of aryl methyl sites for hydroxylation is 1. The molecule has 0 atom stereocenters. The summed E-state index contributed by atoms with van der Waals surface area (Å²) < 4.78 is 9.72. The predicted molar refractivity (Wildman–Crippen MR) is 122 cm³/mol. The fourth-order valence-electron chi connectivity index (χ4n) is 4.26. The van der Waals surface area contributed by atoms with Crippen LogP contribution < -0.4 is 10.1 Å². The highest BCUT2D eigenvalue weighted by Gasteiger charge is 2.14. The van der Waals surface area contributed by atoms with Crippen molar-refractivity contribution in [2.45, 2.75) is 32.7 Å². The van der Waals surface area contributed by atoms with E-state index in [0.29, 0.717) is 0 Å². The normalized spacial score (nSPS) is 14.8. The number of benzene rings is 1. The maximum Gasteiger partial charge on any atom is 0.160 e. The Morgan fingerprint density at radius 1 is 1.10 bits per heavy atom. The summed E-state index contributed by atoms with van der Waals surface area (Å²) in [7, 11) is 1.69. The van der Waals surface area contributed by atoms with Crippen LogP contribution in [0.1, 0.15) is 30.7 Å². The minimum Gasteiger partial charge on any atom is -0.494 e. The van der Waals surface area contributed by atoms with Crippen LogP contribution in [0.5, 0.6) is 5.75 Å². The topological polar surface area (TPSA) is 59.6 Å². The molecule has 0 aliphatic carbocycles. The van der Waals surface area contributed by atoms with Crippen molar-refractivity contribution in [2.75, 3.05) is 25.5 Å². The van der Waals surface area contributed by atoms with Crippen LogP contribution in [0.4, 0.5) is 11.4 Å². The summed E-state index contributed by atoms with van der Waals surface area (Å²) >= 11 is 0. The van der Waals surface area contributed by atoms with E-state index in [4.69, 9.17) is 9.72 Å². The number of hydrogen-bond acceptors (Lipinski definition) is 5. The fraction of sp³-hybridized carbons (Fsp3) is 0.333. The lowest BCUT2D eigenvalue weighted by molar-refractivity contribution is 0.219. The molecule has 1 aliphatic heterocycles. The van der Waals surface area contributed by atoms with Crippen LogP contribution in [-0.4, -0.2) is 44.0 Å². The van der Waals surface area contributed by atoms with Crippen LogP contribution in [0.25, 0.3) is 11.3 Å². The first kappa shape index (κ1) is 19.6. The Balaban J connectivity index is 1.40. The van der Waals surface area contributed by atoms with E-state index in [1.54, 1.807) is 13.4 Å². The lowest BCUT2D eigenvalue weighted by atomic mass is 10.1. The van der Waals surface area contributed by atoms with E-state index >= 15 is 0 Å². The van der Waals surface area contributed by atoms with Crippen molar-refractivity contribution < 1.29 is 4.74 Å². The second-order valence-electron chi connectivity index (χ2n) is 8.16. The molecule has 0 radical (unpaired) electrons. The van der Waals surface area contributed by atoms with Gasteiger partial charge >= 0.3 is 0 Å². The smallest absolute Gasteiger partial charge is 0.160 e. The minimum atomic E-state index is 0.781. The summed E-state index contributed by atoms with van der Waals surface area (Å²) in [6.07, 6.45) is 11.9. The van der Waals surface area contributed by atoms with E-state index in [2.05, 4.69) is 38.1 Å². The number of aromatic nitrogens is 4. The second kappa shape index (κ2) is 8.43. The van der Waals surface area contributed by atoms with Gasteiger partial charge in [-0.15, -0.1) is 0 Å². The summed E-state index contributed by atoms with van der Waals surface area (Å²) in [4.78, 5) is 11.7. The molecule has 4 aromatic rings. The number of imidazole rings is 2. The fourth-order valence-corrected chi connectivity index (χ4v) is 4.26. The molecule has 4 heterocycles. The molecule has 0 saturated carbocycles. The lowest BCUT2D eigenvalue weighted by Gasteiger charge is -2.25. The quantitative estimate of drug-likeness (QED) is 0.499. The van der Waals surface area contributed by atoms with E-state index < -0.39 is 0 Å². The molecule has 7 heteroatoms. The van der Waals surface area contributed by atoms with Crippen molar-refractivity contribution in [3.8, 4) is 11.4 Å². The monoisotopic (exact) mass is 416 g/mol. The Morgan fingerprint density at radius 3 is 2.74 bits per heavy atom. The van der Waals surface area contributed by atoms with Crippen LogP contribution in [0.3, 0.4) is 0 Å². The number of hydrogen-bond donors (Lipinski definition) is 1. The number of ether oxygens (including phenoxy) is 1. The molecular formula is C24H28N6O. The number of rotatable bonds is 6. The van der Waals surface area contributed by atoms with E-state index in [-0.39, 0.29) is 0 Å². The molecular weight excluding hydrogens is 388 g/mol. The SMILES string of the molecule is COc1cc(Nc2cccn3cc(CN4CCCCC4)nc23)ccc1-n1cnc(C)c1. The van der Waals surface area contributed by atoms with Gasteiger partial charge in [0.05, 0.1) is 36.2 Å². The number of methoxy groups -OCH3 is 1. The van der Waals surface area contributed by atoms with E-state index in [1.807, 2.05) is 42.0 Å². The molecule has 1 aliphatic rings. The first-order valence-corrected chi connectivity index (χ1v) is 10.8. The van der Waals surface area contributed by atoms with Crippen LogP contribution >= 0.6 is 0 Å². The van der Waals surface area contributed by atoms with Gasteiger partial charge in [-0.1, -0.05) is 6.42 Å². The van der Waals surface area contributed by atoms with Gasteiger partial charge in [-0.2, -0.15) is 0 Å². The van der Waals surface area contributed by atoms with Crippen molar-refractivity contribution in [3.63, 3.8) is 0 Å². The Bertz CT molecular complexity index is 1190. The average molecular weight is 417 g/mol. The number of anilines is 2. The second-order valence-corrected chi connectivity index (χ2v) is 8.16. The van der Waals surface area contributed by atoms with Gasteiger partial charge in [0.2, 0.25) is 0 Å². The van der Waals surface area contributed by atoms with Crippen molar-refractivity contribution >= 4 is 17.0 Å². The zero-order valence-corrected chi connectivity index (χ0v) is 18.1. The average Bonchev–Trinajstić information content (AvgIpc) is 3.40. The standard InChI is InChI=1S/C24H28N6O/c1-18-14-30(17-25-18)22-9-8-19(13-23(22)31-2)26-21-7-6-12-29-16-20(27-24(21)29)15-28-10-4-3-5-11-28/h6-9,12-14,16-17,26H,3-5,10-11,15H2,1-2H3. The van der Waals surface area contributed by atoms with Crippen LogP contribution in [0, 0.1) is 6.92 Å². The number of piperidine rings is 1. The summed E-state index contributed by atoms with van der Waals surface area (Å²) in [5.41, 5.74) is 5.89. The number of fused-ring (bicyclic) bond motifs is 1. The number of nitrogens with zero attached hydrogens (tertiary/aromatic N) is 5. The number of nitrogens with one attached hydrogen (secondary N) is 1. The molecule has 160 valence electrons. The molecule has 0 unspecified atom stereocenters. The molecule has 7 nitrogen and oxygen atoms in total. The van der Waals surface area contributed by atoms with Crippen LogP contribution in [0.2, 0.25) is 0 Å². The van der Waals surface area contributed by atoms with Crippen LogP contribution in [0.15, 0.2) is 55.2 Å². The van der Waals surface area contributed by atoms with E-state index in [9.17, 15) is 0 Å². The zero-order valence-electron chi connectivity index (χ0n) is 18.1. The molecule has 0 spiro atoms. The lowest BCUT2D eigenvalue weighted by Crippen LogP contribution is -2.29. The van der Waals surface area contributed by atoms with Gasteiger partial charge in [-0.3, -0.25) is 4.90 Å². The van der Waals surface area contributed by atoms with Gasteiger partial charge in [0.25, 0.3) is 0 Å². The third-order valence-corrected chi connectivity index (χ3v) is 5.82. The van der Waals surface area contributed by atoms with Crippen molar-refractivity contribution in [3.05, 3.63) is 66.6 Å². The largest absolute Gasteiger partial charge is 0.494 e. The summed E-state index contributed by atoms with van der Waals surface area (Å²) in [6, 6.07) is 10.2. The Morgan fingerprint density at radius 2 is 1.97 bits per heavy atom. The first-order valence-electron chi connectivity index (χ1n) is 10.8. The molecule has 1 aromatic carbocycles. The Labute approximate surface area is 182 Å². The number of likely N-dealkylation sites (tertiary alicyclic amines) is 1.